The lowest BCUT2D eigenvalue weighted by Gasteiger charge is -2.19. The molecule has 1 heteroatoms. The molecule has 0 heterocycles. The monoisotopic (exact) mass is 178 g/mol. The van der Waals surface area contributed by atoms with Crippen molar-refractivity contribution in [3.63, 3.8) is 0 Å². The van der Waals surface area contributed by atoms with Gasteiger partial charge in [-0.3, -0.25) is 4.79 Å². The highest BCUT2D eigenvalue weighted by Crippen LogP contribution is 2.42. The quantitative estimate of drug-likeness (QED) is 0.593. The van der Waals surface area contributed by atoms with E-state index >= 15 is 0 Å². The summed E-state index contributed by atoms with van der Waals surface area (Å²) < 4.78 is 0. The van der Waals surface area contributed by atoms with Crippen LogP contribution >= 0.6 is 0 Å². The van der Waals surface area contributed by atoms with Gasteiger partial charge in [-0.1, -0.05) is 25.5 Å². The molecule has 13 heavy (non-hydrogen) atoms. The van der Waals surface area contributed by atoms with E-state index in [1.54, 1.807) is 13.0 Å². The summed E-state index contributed by atoms with van der Waals surface area (Å²) in [5.74, 6) is 0.128. The van der Waals surface area contributed by atoms with Crippen molar-refractivity contribution in [1.29, 1.82) is 0 Å². The van der Waals surface area contributed by atoms with Gasteiger partial charge in [0.2, 0.25) is 0 Å². The van der Waals surface area contributed by atoms with Gasteiger partial charge in [-0.15, -0.1) is 0 Å². The summed E-state index contributed by atoms with van der Waals surface area (Å²) in [6, 6.07) is 0. The Labute approximate surface area is 80.5 Å². The molecule has 0 spiro atoms. The Morgan fingerprint density at radius 3 is 2.46 bits per heavy atom. The first kappa shape index (κ1) is 10.2. The van der Waals surface area contributed by atoms with Crippen molar-refractivity contribution in [1.82, 2.24) is 0 Å². The number of ketones is 1. The number of carbonyl (C=O) groups excluding carboxylic acids is 1. The fourth-order valence-corrected chi connectivity index (χ4v) is 1.92. The van der Waals surface area contributed by atoms with Crippen LogP contribution in [0.5, 0.6) is 0 Å². The third-order valence-corrected chi connectivity index (χ3v) is 2.80. The van der Waals surface area contributed by atoms with Crippen LogP contribution in [0.15, 0.2) is 23.3 Å². The second-order valence-electron chi connectivity index (χ2n) is 4.52. The molecule has 0 atom stereocenters. The molecule has 0 aromatic heterocycles. The maximum absolute atomic E-state index is 10.8. The van der Waals surface area contributed by atoms with E-state index in [1.165, 1.54) is 24.0 Å². The van der Waals surface area contributed by atoms with E-state index in [9.17, 15) is 4.79 Å². The van der Waals surface area contributed by atoms with Crippen molar-refractivity contribution in [2.45, 2.75) is 40.5 Å². The van der Waals surface area contributed by atoms with Crippen LogP contribution in [-0.2, 0) is 4.79 Å². The Bertz CT molecular complexity index is 279. The Kier molecular flexibility index (Phi) is 2.74. The van der Waals surface area contributed by atoms with E-state index in [0.29, 0.717) is 0 Å². The molecule has 0 aromatic rings. The molecule has 0 unspecified atom stereocenters. The van der Waals surface area contributed by atoms with Crippen LogP contribution in [0.2, 0.25) is 0 Å². The zero-order chi connectivity index (χ0) is 10.1. The summed E-state index contributed by atoms with van der Waals surface area (Å²) >= 11 is 0. The summed E-state index contributed by atoms with van der Waals surface area (Å²) in [5, 5.41) is 0. The highest BCUT2D eigenvalue weighted by molar-refractivity contribution is 5.87. The van der Waals surface area contributed by atoms with Gasteiger partial charge in [0.15, 0.2) is 5.78 Å². The molecular formula is C12H18O. The van der Waals surface area contributed by atoms with Crippen molar-refractivity contribution in [2.75, 3.05) is 0 Å². The fourth-order valence-electron chi connectivity index (χ4n) is 1.92. The van der Waals surface area contributed by atoms with Gasteiger partial charge < -0.3 is 0 Å². The van der Waals surface area contributed by atoms with Gasteiger partial charge in [-0.2, -0.15) is 0 Å². The highest BCUT2D eigenvalue weighted by atomic mass is 16.1. The predicted molar refractivity (Wildman–Crippen MR) is 55.5 cm³/mol. The Hall–Kier alpha value is -0.850. The van der Waals surface area contributed by atoms with Crippen molar-refractivity contribution >= 4 is 5.78 Å². The van der Waals surface area contributed by atoms with E-state index in [4.69, 9.17) is 0 Å². The molecule has 0 N–H and O–H groups in total. The van der Waals surface area contributed by atoms with Gasteiger partial charge in [-0.05, 0) is 43.8 Å². The molecule has 0 saturated carbocycles. The summed E-state index contributed by atoms with van der Waals surface area (Å²) in [5.41, 5.74) is 3.04. The lowest BCUT2D eigenvalue weighted by Crippen LogP contribution is -2.08. The molecule has 0 aromatic carbocycles. The minimum atomic E-state index is 0.128. The van der Waals surface area contributed by atoms with Gasteiger partial charge in [0.05, 0.1) is 0 Å². The molecule has 0 radical (unpaired) electrons. The van der Waals surface area contributed by atoms with Gasteiger partial charge in [0.25, 0.3) is 0 Å². The van der Waals surface area contributed by atoms with Crippen LogP contribution in [0, 0.1) is 5.41 Å². The molecular weight excluding hydrogens is 160 g/mol. The SMILES string of the molecule is CC(=O)C=CC1=C(C)CCC1(C)C. The van der Waals surface area contributed by atoms with Gasteiger partial charge in [0.1, 0.15) is 0 Å². The van der Waals surface area contributed by atoms with Crippen LogP contribution in [0.1, 0.15) is 40.5 Å². The normalized spacial score (nSPS) is 21.5. The zero-order valence-electron chi connectivity index (χ0n) is 8.98. The minimum absolute atomic E-state index is 0.128. The Morgan fingerprint density at radius 1 is 1.46 bits per heavy atom. The summed E-state index contributed by atoms with van der Waals surface area (Å²) in [4.78, 5) is 10.8. The van der Waals surface area contributed by atoms with Crippen molar-refractivity contribution in [2.24, 2.45) is 5.41 Å². The number of carbonyl (C=O) groups is 1. The fraction of sp³-hybridized carbons (Fsp3) is 0.583. The van der Waals surface area contributed by atoms with Crippen molar-refractivity contribution < 1.29 is 4.79 Å². The number of hydrogen-bond acceptors (Lipinski definition) is 1. The minimum Gasteiger partial charge on any atom is -0.295 e. The van der Waals surface area contributed by atoms with Crippen molar-refractivity contribution in [3.8, 4) is 0 Å². The number of hydrogen-bond donors (Lipinski definition) is 0. The van der Waals surface area contributed by atoms with Crippen LogP contribution in [0.4, 0.5) is 0 Å². The first-order valence-electron chi connectivity index (χ1n) is 4.82. The van der Waals surface area contributed by atoms with Crippen molar-refractivity contribution in [3.05, 3.63) is 23.3 Å². The number of rotatable bonds is 2. The molecule has 0 bridgehead atoms. The standard InChI is InChI=1S/C12H18O/c1-9-7-8-12(3,4)11(9)6-5-10(2)13/h5-6H,7-8H2,1-4H3. The topological polar surface area (TPSA) is 17.1 Å². The zero-order valence-corrected chi connectivity index (χ0v) is 8.98. The highest BCUT2D eigenvalue weighted by Gasteiger charge is 2.28. The second kappa shape index (κ2) is 3.49. The maximum Gasteiger partial charge on any atom is 0.152 e. The van der Waals surface area contributed by atoms with E-state index < -0.39 is 0 Å². The third kappa shape index (κ3) is 2.30. The van der Waals surface area contributed by atoms with Gasteiger partial charge in [0, 0.05) is 0 Å². The average molecular weight is 178 g/mol. The van der Waals surface area contributed by atoms with Crippen LogP contribution in [-0.4, -0.2) is 5.78 Å². The third-order valence-electron chi connectivity index (χ3n) is 2.80. The molecule has 0 fully saturated rings. The lowest BCUT2D eigenvalue weighted by molar-refractivity contribution is -0.112. The second-order valence-corrected chi connectivity index (χ2v) is 4.52. The Morgan fingerprint density at radius 2 is 2.08 bits per heavy atom. The maximum atomic E-state index is 10.8. The van der Waals surface area contributed by atoms with Crippen LogP contribution in [0.3, 0.4) is 0 Å². The Balaban J connectivity index is 2.89. The van der Waals surface area contributed by atoms with E-state index in [0.717, 1.165) is 0 Å². The summed E-state index contributed by atoms with van der Waals surface area (Å²) in [6.07, 6.45) is 6.04. The predicted octanol–water partition coefficient (Wildman–Crippen LogP) is 3.27. The number of allylic oxidation sites excluding steroid dienone is 4. The van der Waals surface area contributed by atoms with Crippen LogP contribution < -0.4 is 0 Å². The lowest BCUT2D eigenvalue weighted by atomic mass is 9.85. The van der Waals surface area contributed by atoms with Gasteiger partial charge >= 0.3 is 0 Å². The van der Waals surface area contributed by atoms with Gasteiger partial charge in [-0.25, -0.2) is 0 Å². The smallest absolute Gasteiger partial charge is 0.152 e. The molecule has 72 valence electrons. The van der Waals surface area contributed by atoms with E-state index in [-0.39, 0.29) is 11.2 Å². The summed E-state index contributed by atoms with van der Waals surface area (Å²) in [7, 11) is 0. The molecule has 1 aliphatic rings. The average Bonchev–Trinajstić information content (AvgIpc) is 2.23. The molecule has 1 rings (SSSR count). The molecule has 1 aliphatic carbocycles. The molecule has 0 amide bonds. The van der Waals surface area contributed by atoms with Crippen LogP contribution in [0.25, 0.3) is 0 Å². The molecule has 0 aliphatic heterocycles. The largest absolute Gasteiger partial charge is 0.295 e. The first-order valence-corrected chi connectivity index (χ1v) is 4.82. The first-order chi connectivity index (χ1) is 5.93. The molecule has 0 saturated heterocycles. The molecule has 1 nitrogen and oxygen atoms in total. The van der Waals surface area contributed by atoms with E-state index in [2.05, 4.69) is 20.8 Å². The van der Waals surface area contributed by atoms with E-state index in [1.807, 2.05) is 6.08 Å². The summed E-state index contributed by atoms with van der Waals surface area (Å²) in [6.45, 7) is 8.23.